The van der Waals surface area contributed by atoms with Crippen LogP contribution in [0.15, 0.2) is 36.8 Å². The summed E-state index contributed by atoms with van der Waals surface area (Å²) in [5.41, 5.74) is 17.3. The molecule has 0 bridgehead atoms. The number of aliphatic hydroxyl groups is 2. The molecule has 55 heteroatoms. The molecule has 135 heavy (non-hydrogen) atoms. The monoisotopic (exact) mass is 1930 g/mol. The Morgan fingerprint density at radius 1 is 0.474 bits per heavy atom. The number of nitrogens with zero attached hydrogens (tertiary/aromatic N) is 6. The minimum Gasteiger partial charge on any atom is -0.481 e. The van der Waals surface area contributed by atoms with Crippen molar-refractivity contribution in [2.75, 3.05) is 65.6 Å². The number of carboxylic acid groups (broad SMARTS) is 4. The zero-order valence-corrected chi connectivity index (χ0v) is 74.7. The average Bonchev–Trinajstić information content (AvgIpc) is 1.65. The first kappa shape index (κ1) is 108. The van der Waals surface area contributed by atoms with Crippen LogP contribution < -0.4 is 85.2 Å². The maximum absolute atomic E-state index is 14.7. The number of aliphatic hydroxyl groups excluding tert-OH is 2. The number of carboxylic acids is 4. The summed E-state index contributed by atoms with van der Waals surface area (Å²) in [5.74, 6) is -25.8. The number of nitrogens with one attached hydrogen (secondary N) is 13. The Morgan fingerprint density at radius 3 is 1.39 bits per heavy atom. The lowest BCUT2D eigenvalue weighted by molar-refractivity contribution is -0.149. The Labute approximate surface area is 770 Å². The quantitative estimate of drug-likeness (QED) is 0.0216. The van der Waals surface area contributed by atoms with Crippen LogP contribution in [0.2, 0.25) is 0 Å². The highest BCUT2D eigenvalue weighted by Crippen LogP contribution is 2.29. The number of nitrogens with two attached hydrogens (primary N) is 3. The number of primary amides is 1. The zero-order valence-electron chi connectivity index (χ0n) is 73.9. The summed E-state index contributed by atoms with van der Waals surface area (Å²) in [6, 6.07) is -21.1. The number of aromatic nitrogens is 2. The largest absolute Gasteiger partial charge is 0.488 e. The van der Waals surface area contributed by atoms with E-state index in [1.807, 2.05) is 0 Å². The van der Waals surface area contributed by atoms with Crippen molar-refractivity contribution in [3.8, 4) is 5.75 Å². The van der Waals surface area contributed by atoms with E-state index in [9.17, 15) is 143 Å². The van der Waals surface area contributed by atoms with Crippen LogP contribution in [0.3, 0.4) is 0 Å². The van der Waals surface area contributed by atoms with Gasteiger partial charge in [0, 0.05) is 51.8 Å². The first-order valence-electron chi connectivity index (χ1n) is 43.4. The number of halogens is 1. The van der Waals surface area contributed by atoms with E-state index in [2.05, 4.69) is 78.0 Å². The Hall–Kier alpha value is -13.7. The van der Waals surface area contributed by atoms with E-state index < -0.39 is 314 Å². The van der Waals surface area contributed by atoms with Crippen LogP contribution in [-0.4, -0.2) is 366 Å². The van der Waals surface area contributed by atoms with Crippen molar-refractivity contribution in [1.29, 1.82) is 0 Å². The van der Waals surface area contributed by atoms with Crippen molar-refractivity contribution in [3.05, 3.63) is 48.0 Å². The summed E-state index contributed by atoms with van der Waals surface area (Å²) >= 11 is 0. The second kappa shape index (κ2) is 51.0. The molecule has 1 aromatic heterocycles. The minimum absolute atomic E-state index is 0.0166. The van der Waals surface area contributed by atoms with Gasteiger partial charge in [0.2, 0.25) is 106 Å². The number of amides is 18. The maximum Gasteiger partial charge on any atom is 0.488 e. The molecule has 5 saturated heterocycles. The number of carbonyl (C=O) groups excluding carboxylic acids is 18. The lowest BCUT2D eigenvalue weighted by atomic mass is 10.0. The number of aliphatic carboxylic acids is 4. The SMILES string of the molecule is CC(C)[C@H](NC(=O)CNC(=O)[C@@H]1CCCN1C(=O)[C@H](CC(=O)O)NC(=O)[C@H](Cc1c[nH]cn1)NC(=O)[C@H](CCCCN)NC(=O)[C@@H]1CCCN1C(=O)[C@H](CC(N)=O)NC(=O)[C@H](C)NC(=O)[C@H](CO)NC(=O)[C@@H]1CCCN1C(=O)[C@H](CC(=O)O)NC(=O)CNC(=O)[C@H](Cc1ccc(OS(=O)(=O)F)cc1)NC(=O)[C@@H](N)CC(=O)O)C(=O)N1CCC[C@H]1C(=O)N1CCC[C@H]1C(=O)N[C@@H](CO)C(=O)O. The summed E-state index contributed by atoms with van der Waals surface area (Å²) < 4.78 is 39.2. The Balaban J connectivity index is 0.948. The van der Waals surface area contributed by atoms with Crippen LogP contribution in [0.4, 0.5) is 3.89 Å². The highest BCUT2D eigenvalue weighted by atomic mass is 32.3. The molecular weight excluding hydrogens is 1820 g/mol. The van der Waals surface area contributed by atoms with Gasteiger partial charge in [-0.3, -0.25) is 101 Å². The standard InChI is InChI=1S/C80H115FN22O31S/c1-39(2)64(79(129)103-26-10-16-57(103)78(128)102-25-9-15-56(102)74(124)97-52(37-105)80(130)131)98-60(108)35-87-71(121)53-12-6-22-99(53)77(127)50(32-63(113)114)95-69(119)47(28-42-33-85-38-88-42)93-68(118)45(11-4-5-21-82)91-72(122)54-13-7-23-100(54)75(125)48(30-58(84)106)94-65(115)40(3)89-70(120)51(36-104)96-73(123)55-14-8-24-101(55)76(126)49(31-62(111)112)90-59(107)34-86-67(117)46(92-66(116)44(83)29-61(109)110)27-41-17-19-43(20-18-41)134-135(81,132)133/h17-20,33,38-40,44-57,64,104-105H,4-16,21-32,34-37,82-83H2,1-3H3,(H2,84,106)(H,85,88)(H,86,117)(H,87,121)(H,89,120)(H,90,107)(H,91,122)(H,92,116)(H,93,118)(H,94,115)(H,95,119)(H,96,123)(H,97,124)(H,98,108)(H,109,110)(H,111,112)(H,113,114)(H,130,131)/t40-,44-,45-,46-,47-,48-,49-,50-,51-,52-,53-,54-,55-,56-,57-,64-/m0/s1. The third kappa shape index (κ3) is 32.0. The summed E-state index contributed by atoms with van der Waals surface area (Å²) in [7, 11) is -5.45. The van der Waals surface area contributed by atoms with E-state index in [4.69, 9.17) is 22.3 Å². The van der Waals surface area contributed by atoms with Crippen molar-refractivity contribution >= 4 is 141 Å². The fraction of sp³-hybridized carbons (Fsp3) is 0.613. The van der Waals surface area contributed by atoms with Crippen molar-refractivity contribution in [1.82, 2.24) is 98.3 Å². The predicted molar refractivity (Wildman–Crippen MR) is 456 cm³/mol. The molecule has 5 fully saturated rings. The maximum atomic E-state index is 14.7. The van der Waals surface area contributed by atoms with E-state index in [0.717, 1.165) is 45.9 Å². The Morgan fingerprint density at radius 2 is 0.904 bits per heavy atom. The fourth-order valence-electron chi connectivity index (χ4n) is 16.0. The number of carbonyl (C=O) groups is 22. The van der Waals surface area contributed by atoms with Gasteiger partial charge in [0.1, 0.15) is 96.4 Å². The van der Waals surface area contributed by atoms with E-state index >= 15 is 0 Å². The van der Waals surface area contributed by atoms with Crippen molar-refractivity contribution in [2.24, 2.45) is 23.1 Å². The molecule has 0 spiro atoms. The van der Waals surface area contributed by atoms with E-state index in [0.29, 0.717) is 12.8 Å². The third-order valence-corrected chi connectivity index (χ3v) is 23.2. The van der Waals surface area contributed by atoms with Crippen molar-refractivity contribution in [3.63, 3.8) is 0 Å². The van der Waals surface area contributed by atoms with Crippen LogP contribution in [0.1, 0.15) is 141 Å². The van der Waals surface area contributed by atoms with E-state index in [1.54, 1.807) is 13.8 Å². The molecule has 2 aromatic rings. The molecule has 6 heterocycles. The normalized spacial score (nSPS) is 19.4. The molecule has 53 nitrogen and oxygen atoms in total. The van der Waals surface area contributed by atoms with Gasteiger partial charge in [0.25, 0.3) is 0 Å². The second-order valence-electron chi connectivity index (χ2n) is 33.1. The number of imidazole rings is 1. The second-order valence-corrected chi connectivity index (χ2v) is 34.1. The number of rotatable bonds is 51. The molecule has 0 unspecified atom stereocenters. The van der Waals surface area contributed by atoms with Crippen molar-refractivity contribution < 1.29 is 153 Å². The van der Waals surface area contributed by atoms with Gasteiger partial charge < -0.3 is 145 Å². The third-order valence-electron chi connectivity index (χ3n) is 22.8. The highest BCUT2D eigenvalue weighted by molar-refractivity contribution is 7.81. The molecule has 5 aliphatic heterocycles. The molecule has 7 rings (SSSR count). The van der Waals surface area contributed by atoms with Gasteiger partial charge in [0.15, 0.2) is 0 Å². The van der Waals surface area contributed by atoms with E-state index in [-0.39, 0.29) is 121 Å². The topological polar surface area (TPSA) is 808 Å². The molecule has 18 amide bonds. The Bertz CT molecular complexity index is 4820. The summed E-state index contributed by atoms with van der Waals surface area (Å²) in [5, 5.41) is 86.5. The molecule has 0 aliphatic carbocycles. The molecule has 25 N–H and O–H groups in total. The molecule has 16 atom stereocenters. The van der Waals surface area contributed by atoms with Gasteiger partial charge in [-0.05, 0) is 121 Å². The lowest BCUT2D eigenvalue weighted by Gasteiger charge is -2.34. The van der Waals surface area contributed by atoms with Crippen LogP contribution in [0, 0.1) is 5.92 Å². The number of likely N-dealkylation sites (tertiary alicyclic amines) is 5. The minimum atomic E-state index is -5.45. The van der Waals surface area contributed by atoms with Crippen LogP contribution >= 0.6 is 0 Å². The summed E-state index contributed by atoms with van der Waals surface area (Å²) in [6.45, 7) is 0.154. The summed E-state index contributed by atoms with van der Waals surface area (Å²) in [4.78, 5) is 310. The first-order valence-corrected chi connectivity index (χ1v) is 44.7. The van der Waals surface area contributed by atoms with E-state index in [1.165, 1.54) is 22.3 Å². The lowest BCUT2D eigenvalue weighted by Crippen LogP contribution is -2.61. The number of unbranched alkanes of at least 4 members (excludes halogenated alkanes) is 1. The number of benzene rings is 1. The molecule has 1 aromatic carbocycles. The molecule has 744 valence electrons. The molecule has 5 aliphatic rings. The highest BCUT2D eigenvalue weighted by Gasteiger charge is 2.48. The van der Waals surface area contributed by atoms with Crippen LogP contribution in [0.25, 0.3) is 0 Å². The van der Waals surface area contributed by atoms with Gasteiger partial charge in [0.05, 0.1) is 70.0 Å². The average molecular weight is 1930 g/mol. The number of H-pyrrole nitrogens is 1. The van der Waals surface area contributed by atoms with Gasteiger partial charge >= 0.3 is 34.4 Å². The molecule has 0 radical (unpaired) electrons. The predicted octanol–water partition coefficient (Wildman–Crippen LogP) is -10.7. The fourth-order valence-corrected chi connectivity index (χ4v) is 16.3. The van der Waals surface area contributed by atoms with Gasteiger partial charge in [-0.1, -0.05) is 29.9 Å². The van der Waals surface area contributed by atoms with Crippen LogP contribution in [-0.2, 0) is 129 Å². The number of aromatic amines is 1. The summed E-state index contributed by atoms with van der Waals surface area (Å²) in [6.07, 6.45) is -0.836. The number of hydrogen-bond donors (Lipinski definition) is 22. The van der Waals surface area contributed by atoms with Crippen LogP contribution in [0.5, 0.6) is 5.75 Å². The van der Waals surface area contributed by atoms with Gasteiger partial charge in [-0.25, -0.2) is 9.78 Å². The smallest absolute Gasteiger partial charge is 0.481 e. The van der Waals surface area contributed by atoms with Crippen molar-refractivity contribution in [2.45, 2.75) is 239 Å². The number of hydrogen-bond acceptors (Lipinski definition) is 30. The van der Waals surface area contributed by atoms with Gasteiger partial charge in [-0.2, -0.15) is 8.42 Å². The Kier molecular flexibility index (Phi) is 40.9. The zero-order chi connectivity index (χ0) is 100.0. The first-order chi connectivity index (χ1) is 63.7. The molecule has 0 saturated carbocycles. The molecular formula is C80H115FN22O31S. The van der Waals surface area contributed by atoms with Gasteiger partial charge in [-0.15, -0.1) is 0 Å².